The summed E-state index contributed by atoms with van der Waals surface area (Å²) in [6.45, 7) is 3.29. The average Bonchev–Trinajstić information content (AvgIpc) is 2.73. The summed E-state index contributed by atoms with van der Waals surface area (Å²) in [6.07, 6.45) is 4.83. The van der Waals surface area contributed by atoms with Crippen molar-refractivity contribution >= 4 is 5.91 Å². The first-order valence-electron chi connectivity index (χ1n) is 8.16. The van der Waals surface area contributed by atoms with Crippen LogP contribution < -0.4 is 0 Å². The Hall–Kier alpha value is -0.680. The van der Waals surface area contributed by atoms with Crippen LogP contribution in [0.4, 0.5) is 4.39 Å². The lowest BCUT2D eigenvalue weighted by Gasteiger charge is -2.43. The van der Waals surface area contributed by atoms with Crippen LogP contribution in [-0.2, 0) is 9.53 Å². The Kier molecular flexibility index (Phi) is 3.99. The maximum Gasteiger partial charge on any atom is 0.260 e. The quantitative estimate of drug-likeness (QED) is 0.797. The third-order valence-corrected chi connectivity index (χ3v) is 5.88. The molecule has 3 fully saturated rings. The zero-order valence-electron chi connectivity index (χ0n) is 13.2. The molecule has 3 rings (SSSR count). The summed E-state index contributed by atoms with van der Waals surface area (Å²) in [5.41, 5.74) is -1.23. The number of hydrogen-bond donors (Lipinski definition) is 0. The molecule has 21 heavy (non-hydrogen) atoms. The van der Waals surface area contributed by atoms with Gasteiger partial charge in [0.25, 0.3) is 5.91 Å². The molecule has 0 bridgehead atoms. The normalized spacial score (nSPS) is 31.4. The van der Waals surface area contributed by atoms with E-state index in [4.69, 9.17) is 4.74 Å². The van der Waals surface area contributed by atoms with Crippen LogP contribution in [-0.4, -0.2) is 67.8 Å². The summed E-state index contributed by atoms with van der Waals surface area (Å²) in [5, 5.41) is 0. The Morgan fingerprint density at radius 3 is 2.48 bits per heavy atom. The number of likely N-dealkylation sites (tertiary alicyclic amines) is 2. The van der Waals surface area contributed by atoms with E-state index in [1.807, 2.05) is 0 Å². The van der Waals surface area contributed by atoms with Gasteiger partial charge in [0, 0.05) is 32.8 Å². The number of hydrogen-bond acceptors (Lipinski definition) is 3. The highest BCUT2D eigenvalue weighted by Crippen LogP contribution is 2.44. The van der Waals surface area contributed by atoms with Crippen molar-refractivity contribution in [2.75, 3.05) is 40.4 Å². The van der Waals surface area contributed by atoms with Gasteiger partial charge >= 0.3 is 0 Å². The number of carbonyl (C=O) groups is 1. The van der Waals surface area contributed by atoms with E-state index < -0.39 is 5.67 Å². The van der Waals surface area contributed by atoms with Crippen LogP contribution >= 0.6 is 0 Å². The SMILES string of the molecule is COC[C@@H]1CC2(CCN(C(=O)C3(F)CCC3)CC2)CN1C. The molecule has 1 aliphatic carbocycles. The number of halogens is 1. The number of ether oxygens (including phenoxy) is 1. The summed E-state index contributed by atoms with van der Waals surface area (Å²) in [4.78, 5) is 16.4. The van der Waals surface area contributed by atoms with Gasteiger partial charge in [-0.15, -0.1) is 0 Å². The highest BCUT2D eigenvalue weighted by molar-refractivity contribution is 5.86. The highest BCUT2D eigenvalue weighted by atomic mass is 19.1. The molecule has 2 saturated heterocycles. The van der Waals surface area contributed by atoms with Crippen molar-refractivity contribution in [1.29, 1.82) is 0 Å². The van der Waals surface area contributed by atoms with E-state index in [0.717, 1.165) is 51.9 Å². The summed E-state index contributed by atoms with van der Waals surface area (Å²) >= 11 is 0. The van der Waals surface area contributed by atoms with Gasteiger partial charge in [-0.05, 0) is 51.0 Å². The van der Waals surface area contributed by atoms with Crippen LogP contribution in [0.3, 0.4) is 0 Å². The first kappa shape index (κ1) is 15.2. The molecule has 2 aliphatic heterocycles. The molecule has 5 heteroatoms. The lowest BCUT2D eigenvalue weighted by atomic mass is 9.75. The number of methoxy groups -OCH3 is 1. The first-order chi connectivity index (χ1) is 9.98. The number of amides is 1. The summed E-state index contributed by atoms with van der Waals surface area (Å²) in [7, 11) is 3.90. The maximum atomic E-state index is 14.3. The Morgan fingerprint density at radius 2 is 1.95 bits per heavy atom. The summed E-state index contributed by atoms with van der Waals surface area (Å²) < 4.78 is 19.6. The van der Waals surface area contributed by atoms with Crippen LogP contribution in [0.15, 0.2) is 0 Å². The van der Waals surface area contributed by atoms with E-state index in [9.17, 15) is 9.18 Å². The molecule has 3 aliphatic rings. The van der Waals surface area contributed by atoms with Gasteiger partial charge in [-0.25, -0.2) is 4.39 Å². The molecular formula is C16H27FN2O2. The molecule has 0 aromatic carbocycles. The fourth-order valence-electron chi connectivity index (χ4n) is 4.29. The molecule has 1 amide bonds. The predicted octanol–water partition coefficient (Wildman–Crippen LogP) is 1.84. The van der Waals surface area contributed by atoms with Gasteiger partial charge in [0.05, 0.1) is 6.61 Å². The second kappa shape index (κ2) is 5.51. The van der Waals surface area contributed by atoms with Crippen LogP contribution in [0.1, 0.15) is 38.5 Å². The number of carbonyl (C=O) groups excluding carboxylic acids is 1. The lowest BCUT2D eigenvalue weighted by Crippen LogP contribution is -2.54. The topological polar surface area (TPSA) is 32.8 Å². The Bertz CT molecular complexity index is 403. The Balaban J connectivity index is 1.57. The summed E-state index contributed by atoms with van der Waals surface area (Å²) in [6, 6.07) is 0.483. The van der Waals surface area contributed by atoms with Crippen molar-refractivity contribution in [3.8, 4) is 0 Å². The van der Waals surface area contributed by atoms with Gasteiger partial charge in [-0.3, -0.25) is 4.79 Å². The number of piperidine rings is 1. The zero-order valence-corrected chi connectivity index (χ0v) is 13.2. The van der Waals surface area contributed by atoms with Gasteiger partial charge in [-0.1, -0.05) is 0 Å². The van der Waals surface area contributed by atoms with Gasteiger partial charge in [0.2, 0.25) is 0 Å². The van der Waals surface area contributed by atoms with E-state index in [0.29, 0.717) is 24.3 Å². The van der Waals surface area contributed by atoms with Gasteiger partial charge in [0.15, 0.2) is 5.67 Å². The molecule has 4 nitrogen and oxygen atoms in total. The first-order valence-corrected chi connectivity index (χ1v) is 8.16. The second-order valence-corrected chi connectivity index (χ2v) is 7.34. The molecule has 120 valence electrons. The van der Waals surface area contributed by atoms with Gasteiger partial charge in [-0.2, -0.15) is 0 Å². The van der Waals surface area contributed by atoms with E-state index in [-0.39, 0.29) is 5.91 Å². The fraction of sp³-hybridized carbons (Fsp3) is 0.938. The molecule has 1 saturated carbocycles. The number of likely N-dealkylation sites (N-methyl/N-ethyl adjacent to an activating group) is 1. The van der Waals surface area contributed by atoms with Crippen LogP contribution in [0, 0.1) is 5.41 Å². The average molecular weight is 298 g/mol. The third kappa shape index (κ3) is 2.70. The zero-order chi connectivity index (χ0) is 15.1. The van der Waals surface area contributed by atoms with Crippen molar-refractivity contribution in [1.82, 2.24) is 9.80 Å². The van der Waals surface area contributed by atoms with Crippen molar-refractivity contribution in [3.05, 3.63) is 0 Å². The molecule has 1 atom stereocenters. The fourth-order valence-corrected chi connectivity index (χ4v) is 4.29. The highest BCUT2D eigenvalue weighted by Gasteiger charge is 2.50. The van der Waals surface area contributed by atoms with E-state index in [2.05, 4.69) is 11.9 Å². The summed E-state index contributed by atoms with van der Waals surface area (Å²) in [5.74, 6) is -0.247. The molecule has 0 radical (unpaired) electrons. The van der Waals surface area contributed by atoms with E-state index in [1.165, 1.54) is 0 Å². The monoisotopic (exact) mass is 298 g/mol. The minimum Gasteiger partial charge on any atom is -0.383 e. The van der Waals surface area contributed by atoms with Gasteiger partial charge in [0.1, 0.15) is 0 Å². The molecule has 0 aromatic heterocycles. The lowest BCUT2D eigenvalue weighted by molar-refractivity contribution is -0.152. The van der Waals surface area contributed by atoms with E-state index >= 15 is 0 Å². The molecular weight excluding hydrogens is 271 g/mol. The Labute approximate surface area is 126 Å². The number of rotatable bonds is 3. The van der Waals surface area contributed by atoms with Crippen molar-refractivity contribution in [2.24, 2.45) is 5.41 Å². The van der Waals surface area contributed by atoms with Crippen LogP contribution in [0.5, 0.6) is 0 Å². The Morgan fingerprint density at radius 1 is 1.29 bits per heavy atom. The second-order valence-electron chi connectivity index (χ2n) is 7.34. The molecule has 0 aromatic rings. The third-order valence-electron chi connectivity index (χ3n) is 5.88. The smallest absolute Gasteiger partial charge is 0.260 e. The number of nitrogens with zero attached hydrogens (tertiary/aromatic N) is 2. The van der Waals surface area contributed by atoms with Gasteiger partial charge < -0.3 is 14.5 Å². The van der Waals surface area contributed by atoms with Crippen molar-refractivity contribution < 1.29 is 13.9 Å². The standard InChI is InChI=1S/C16H27FN2O2/c1-18-12-15(10-13(18)11-21-2)6-8-19(9-7-15)14(20)16(17)4-3-5-16/h13H,3-12H2,1-2H3/t13-/m0/s1. The molecule has 0 unspecified atom stereocenters. The molecule has 2 heterocycles. The molecule has 0 N–H and O–H groups in total. The number of alkyl halides is 1. The largest absolute Gasteiger partial charge is 0.383 e. The minimum absolute atomic E-state index is 0.247. The molecule has 1 spiro atoms. The maximum absolute atomic E-state index is 14.3. The van der Waals surface area contributed by atoms with Crippen LogP contribution in [0.25, 0.3) is 0 Å². The predicted molar refractivity (Wildman–Crippen MR) is 78.8 cm³/mol. The van der Waals surface area contributed by atoms with E-state index in [1.54, 1.807) is 12.0 Å². The van der Waals surface area contributed by atoms with Crippen molar-refractivity contribution in [2.45, 2.75) is 50.2 Å². The minimum atomic E-state index is -1.53. The van der Waals surface area contributed by atoms with Crippen LogP contribution in [0.2, 0.25) is 0 Å². The van der Waals surface area contributed by atoms with Crippen molar-refractivity contribution in [3.63, 3.8) is 0 Å².